The van der Waals surface area contributed by atoms with E-state index in [9.17, 15) is 0 Å². The molecule has 3 rings (SSSR count). The van der Waals surface area contributed by atoms with E-state index in [-0.39, 0.29) is 0 Å². The molecule has 0 radical (unpaired) electrons. The van der Waals surface area contributed by atoms with Crippen LogP contribution in [0, 0.1) is 5.92 Å². The molecule has 1 unspecified atom stereocenters. The molecule has 4 heteroatoms. The van der Waals surface area contributed by atoms with Crippen molar-refractivity contribution in [1.82, 2.24) is 14.9 Å². The first kappa shape index (κ1) is 11.2. The van der Waals surface area contributed by atoms with Crippen molar-refractivity contribution < 1.29 is 0 Å². The summed E-state index contributed by atoms with van der Waals surface area (Å²) < 4.78 is 2.41. The Hall–Kier alpha value is -0.870. The molecule has 1 saturated heterocycles. The number of rotatable bonds is 2. The first-order valence-electron chi connectivity index (χ1n) is 6.82. The maximum absolute atomic E-state index is 5.99. The number of piperidine rings is 1. The Labute approximate surface area is 103 Å². The number of fused-ring (bicyclic) bond motifs is 1. The molecule has 1 aromatic heterocycles. The van der Waals surface area contributed by atoms with Gasteiger partial charge in [-0.3, -0.25) is 0 Å². The highest BCUT2D eigenvalue weighted by Gasteiger charge is 2.21. The van der Waals surface area contributed by atoms with Crippen LogP contribution < -0.4 is 11.1 Å². The Morgan fingerprint density at radius 2 is 2.18 bits per heavy atom. The summed E-state index contributed by atoms with van der Waals surface area (Å²) in [5.41, 5.74) is 7.33. The minimum absolute atomic E-state index is 0.339. The van der Waals surface area contributed by atoms with E-state index in [1.54, 1.807) is 0 Å². The van der Waals surface area contributed by atoms with E-state index in [4.69, 9.17) is 5.73 Å². The molecule has 1 fully saturated rings. The third kappa shape index (κ3) is 2.38. The number of imidazole rings is 1. The van der Waals surface area contributed by atoms with Crippen LogP contribution >= 0.6 is 0 Å². The van der Waals surface area contributed by atoms with Crippen molar-refractivity contribution in [2.24, 2.45) is 11.7 Å². The average molecular weight is 234 g/mol. The molecule has 0 spiro atoms. The quantitative estimate of drug-likeness (QED) is 0.792. The Morgan fingerprint density at radius 3 is 3.00 bits per heavy atom. The van der Waals surface area contributed by atoms with Gasteiger partial charge in [0, 0.05) is 37.3 Å². The zero-order valence-corrected chi connectivity index (χ0v) is 10.4. The van der Waals surface area contributed by atoms with E-state index in [1.165, 1.54) is 37.4 Å². The van der Waals surface area contributed by atoms with Crippen molar-refractivity contribution >= 4 is 0 Å². The van der Waals surface area contributed by atoms with Crippen LogP contribution in [0.25, 0.3) is 0 Å². The highest BCUT2D eigenvalue weighted by atomic mass is 15.1. The van der Waals surface area contributed by atoms with E-state index in [2.05, 4.69) is 14.9 Å². The summed E-state index contributed by atoms with van der Waals surface area (Å²) in [5, 5.41) is 3.42. The van der Waals surface area contributed by atoms with Gasteiger partial charge in [0.2, 0.25) is 0 Å². The molecular formula is C13H22N4. The van der Waals surface area contributed by atoms with Crippen molar-refractivity contribution in [2.45, 2.75) is 44.7 Å². The molecule has 3 heterocycles. The molecule has 94 valence electrons. The molecule has 17 heavy (non-hydrogen) atoms. The number of nitrogens with one attached hydrogen (secondary N) is 1. The van der Waals surface area contributed by atoms with Crippen molar-refractivity contribution in [3.05, 3.63) is 17.7 Å². The van der Waals surface area contributed by atoms with Gasteiger partial charge in [0.15, 0.2) is 0 Å². The monoisotopic (exact) mass is 234 g/mol. The second-order valence-corrected chi connectivity index (χ2v) is 5.47. The molecule has 3 N–H and O–H groups in total. The summed E-state index contributed by atoms with van der Waals surface area (Å²) in [6.45, 7) is 3.41. The predicted molar refractivity (Wildman–Crippen MR) is 67.8 cm³/mol. The summed E-state index contributed by atoms with van der Waals surface area (Å²) in [6, 6.07) is 0.339. The molecule has 1 atom stereocenters. The van der Waals surface area contributed by atoms with Crippen LogP contribution in [0.1, 0.15) is 30.8 Å². The van der Waals surface area contributed by atoms with Gasteiger partial charge in [-0.1, -0.05) is 0 Å². The van der Waals surface area contributed by atoms with Gasteiger partial charge in [0.25, 0.3) is 0 Å². The van der Waals surface area contributed by atoms with E-state index in [1.807, 2.05) is 6.20 Å². The number of hydrogen-bond donors (Lipinski definition) is 2. The molecule has 4 nitrogen and oxygen atoms in total. The Kier molecular flexibility index (Phi) is 3.16. The largest absolute Gasteiger partial charge is 0.332 e. The summed E-state index contributed by atoms with van der Waals surface area (Å²) in [4.78, 5) is 4.61. The topological polar surface area (TPSA) is 55.9 Å². The zero-order chi connectivity index (χ0) is 11.7. The lowest BCUT2D eigenvalue weighted by Gasteiger charge is -2.25. The van der Waals surface area contributed by atoms with Gasteiger partial charge in [-0.2, -0.15) is 0 Å². The smallest absolute Gasteiger partial charge is 0.109 e. The molecule has 2 aliphatic rings. The Balaban J connectivity index is 1.71. The fourth-order valence-corrected chi connectivity index (χ4v) is 3.06. The van der Waals surface area contributed by atoms with Crippen LogP contribution in [-0.2, 0) is 19.4 Å². The van der Waals surface area contributed by atoms with Crippen LogP contribution in [0.4, 0.5) is 0 Å². The van der Waals surface area contributed by atoms with E-state index in [0.717, 1.165) is 31.7 Å². The van der Waals surface area contributed by atoms with Gasteiger partial charge >= 0.3 is 0 Å². The lowest BCUT2D eigenvalue weighted by atomic mass is 9.94. The van der Waals surface area contributed by atoms with Crippen LogP contribution in [0.15, 0.2) is 6.20 Å². The molecule has 2 aliphatic heterocycles. The number of aromatic nitrogens is 2. The zero-order valence-electron chi connectivity index (χ0n) is 10.4. The summed E-state index contributed by atoms with van der Waals surface area (Å²) in [6.07, 6.45) is 7.87. The van der Waals surface area contributed by atoms with Gasteiger partial charge in [-0.25, -0.2) is 4.98 Å². The van der Waals surface area contributed by atoms with Gasteiger partial charge in [-0.15, -0.1) is 0 Å². The number of nitrogens with zero attached hydrogens (tertiary/aromatic N) is 2. The number of hydrogen-bond acceptors (Lipinski definition) is 3. The fraction of sp³-hybridized carbons (Fsp3) is 0.769. The third-order valence-electron chi connectivity index (χ3n) is 4.15. The lowest BCUT2D eigenvalue weighted by Crippen LogP contribution is -2.32. The molecule has 1 aromatic rings. The highest BCUT2D eigenvalue weighted by molar-refractivity contribution is 5.10. The van der Waals surface area contributed by atoms with Gasteiger partial charge in [0.1, 0.15) is 5.82 Å². The standard InChI is InChI=1S/C13H22N4/c14-11-3-6-17-12(8-11)9-16-13(17)7-10-1-4-15-5-2-10/h9-11,15H,1-8,14H2. The maximum Gasteiger partial charge on any atom is 0.109 e. The second-order valence-electron chi connectivity index (χ2n) is 5.47. The van der Waals surface area contributed by atoms with Crippen LogP contribution in [0.2, 0.25) is 0 Å². The van der Waals surface area contributed by atoms with E-state index in [0.29, 0.717) is 6.04 Å². The minimum Gasteiger partial charge on any atom is -0.332 e. The maximum atomic E-state index is 5.99. The average Bonchev–Trinajstić information content (AvgIpc) is 2.73. The van der Waals surface area contributed by atoms with Crippen LogP contribution in [0.5, 0.6) is 0 Å². The minimum atomic E-state index is 0.339. The van der Waals surface area contributed by atoms with Crippen LogP contribution in [-0.4, -0.2) is 28.7 Å². The highest BCUT2D eigenvalue weighted by Crippen LogP contribution is 2.21. The summed E-state index contributed by atoms with van der Waals surface area (Å²) >= 11 is 0. The van der Waals surface area contributed by atoms with Crippen molar-refractivity contribution in [1.29, 1.82) is 0 Å². The third-order valence-corrected chi connectivity index (χ3v) is 4.15. The first-order chi connectivity index (χ1) is 8.33. The fourth-order valence-electron chi connectivity index (χ4n) is 3.06. The SMILES string of the molecule is NC1CCn2c(cnc2CC2CCNCC2)C1. The van der Waals surface area contributed by atoms with Gasteiger partial charge < -0.3 is 15.6 Å². The Morgan fingerprint density at radius 1 is 1.35 bits per heavy atom. The second kappa shape index (κ2) is 4.78. The van der Waals surface area contributed by atoms with Crippen molar-refractivity contribution in [3.63, 3.8) is 0 Å². The van der Waals surface area contributed by atoms with Gasteiger partial charge in [-0.05, 0) is 38.3 Å². The Bertz CT molecular complexity index is 379. The first-order valence-corrected chi connectivity index (χ1v) is 6.82. The van der Waals surface area contributed by atoms with Gasteiger partial charge in [0.05, 0.1) is 0 Å². The molecule has 0 amide bonds. The molecule has 0 aromatic carbocycles. The summed E-state index contributed by atoms with van der Waals surface area (Å²) in [7, 11) is 0. The van der Waals surface area contributed by atoms with Crippen molar-refractivity contribution in [3.8, 4) is 0 Å². The van der Waals surface area contributed by atoms with Crippen LogP contribution in [0.3, 0.4) is 0 Å². The predicted octanol–water partition coefficient (Wildman–Crippen LogP) is 0.699. The number of nitrogens with two attached hydrogens (primary N) is 1. The molecular weight excluding hydrogens is 212 g/mol. The van der Waals surface area contributed by atoms with E-state index < -0.39 is 0 Å². The summed E-state index contributed by atoms with van der Waals surface area (Å²) in [5.74, 6) is 2.11. The van der Waals surface area contributed by atoms with E-state index >= 15 is 0 Å². The molecule has 0 bridgehead atoms. The molecule has 0 aliphatic carbocycles. The molecule has 0 saturated carbocycles. The lowest BCUT2D eigenvalue weighted by molar-refractivity contribution is 0.357. The van der Waals surface area contributed by atoms with Crippen molar-refractivity contribution in [2.75, 3.05) is 13.1 Å². The normalized spacial score (nSPS) is 25.8.